The molecule has 1 aromatic heterocycles. The Labute approximate surface area is 132 Å². The van der Waals surface area contributed by atoms with Gasteiger partial charge in [0.05, 0.1) is 6.10 Å². The minimum Gasteiger partial charge on any atom is -0.491 e. The molecule has 0 aliphatic heterocycles. The highest BCUT2D eigenvalue weighted by atomic mass is 32.1. The fourth-order valence-electron chi connectivity index (χ4n) is 2.48. The molecule has 21 heavy (non-hydrogen) atoms. The van der Waals surface area contributed by atoms with E-state index in [1.807, 2.05) is 17.4 Å². The SMILES string of the molecule is CCC(NC(C)c1ccccc1OC(C)C)c1cccs1. The Morgan fingerprint density at radius 1 is 1.10 bits per heavy atom. The third-order valence-electron chi connectivity index (χ3n) is 3.49. The minimum absolute atomic E-state index is 0.192. The van der Waals surface area contributed by atoms with E-state index in [9.17, 15) is 0 Å². The summed E-state index contributed by atoms with van der Waals surface area (Å²) in [5.41, 5.74) is 1.22. The highest BCUT2D eigenvalue weighted by Gasteiger charge is 2.17. The number of para-hydroxylation sites is 1. The van der Waals surface area contributed by atoms with Crippen LogP contribution in [0.4, 0.5) is 0 Å². The maximum Gasteiger partial charge on any atom is 0.124 e. The summed E-state index contributed by atoms with van der Waals surface area (Å²) in [6.45, 7) is 8.56. The normalized spacial score (nSPS) is 14.1. The quantitative estimate of drug-likeness (QED) is 0.745. The Morgan fingerprint density at radius 2 is 1.86 bits per heavy atom. The van der Waals surface area contributed by atoms with Gasteiger partial charge in [-0.2, -0.15) is 0 Å². The third kappa shape index (κ3) is 4.32. The van der Waals surface area contributed by atoms with Crippen molar-refractivity contribution >= 4 is 11.3 Å². The number of ether oxygens (including phenoxy) is 1. The Morgan fingerprint density at radius 3 is 2.48 bits per heavy atom. The first-order valence-electron chi connectivity index (χ1n) is 7.66. The monoisotopic (exact) mass is 303 g/mol. The molecule has 0 amide bonds. The maximum atomic E-state index is 5.93. The van der Waals surface area contributed by atoms with Gasteiger partial charge < -0.3 is 10.1 Å². The van der Waals surface area contributed by atoms with E-state index in [-0.39, 0.29) is 12.1 Å². The summed E-state index contributed by atoms with van der Waals surface area (Å²) in [7, 11) is 0. The van der Waals surface area contributed by atoms with Crippen LogP contribution in [-0.4, -0.2) is 6.10 Å². The van der Waals surface area contributed by atoms with Crippen molar-refractivity contribution in [3.8, 4) is 5.75 Å². The number of hydrogen-bond donors (Lipinski definition) is 1. The van der Waals surface area contributed by atoms with Gasteiger partial charge in [-0.25, -0.2) is 0 Å². The van der Waals surface area contributed by atoms with Crippen LogP contribution in [0.5, 0.6) is 5.75 Å². The van der Waals surface area contributed by atoms with Gasteiger partial charge >= 0.3 is 0 Å². The number of hydrogen-bond acceptors (Lipinski definition) is 3. The van der Waals surface area contributed by atoms with Crippen LogP contribution in [0.3, 0.4) is 0 Å². The Balaban J connectivity index is 2.14. The molecule has 1 aromatic carbocycles. The van der Waals surface area contributed by atoms with Gasteiger partial charge in [-0.1, -0.05) is 31.2 Å². The van der Waals surface area contributed by atoms with Gasteiger partial charge in [0, 0.05) is 22.5 Å². The van der Waals surface area contributed by atoms with E-state index >= 15 is 0 Å². The number of rotatable bonds is 7. The molecule has 2 nitrogen and oxygen atoms in total. The zero-order valence-corrected chi connectivity index (χ0v) is 14.1. The van der Waals surface area contributed by atoms with Gasteiger partial charge in [-0.15, -0.1) is 11.3 Å². The molecule has 0 radical (unpaired) electrons. The molecule has 1 heterocycles. The molecular formula is C18H25NOS. The Hall–Kier alpha value is -1.32. The van der Waals surface area contributed by atoms with E-state index in [2.05, 4.69) is 68.7 Å². The van der Waals surface area contributed by atoms with Crippen molar-refractivity contribution in [1.82, 2.24) is 5.32 Å². The van der Waals surface area contributed by atoms with Gasteiger partial charge in [-0.3, -0.25) is 0 Å². The summed E-state index contributed by atoms with van der Waals surface area (Å²) in [5.74, 6) is 0.980. The van der Waals surface area contributed by atoms with Crippen LogP contribution >= 0.6 is 11.3 Å². The summed E-state index contributed by atoms with van der Waals surface area (Å²) in [6, 6.07) is 13.3. The lowest BCUT2D eigenvalue weighted by atomic mass is 10.0. The van der Waals surface area contributed by atoms with Crippen LogP contribution < -0.4 is 10.1 Å². The average molecular weight is 303 g/mol. The molecule has 3 heteroatoms. The molecular weight excluding hydrogens is 278 g/mol. The summed E-state index contributed by atoms with van der Waals surface area (Å²) >= 11 is 1.81. The second-order valence-electron chi connectivity index (χ2n) is 5.57. The fraction of sp³-hybridized carbons (Fsp3) is 0.444. The van der Waals surface area contributed by atoms with Crippen molar-refractivity contribution in [2.75, 3.05) is 0 Å². The van der Waals surface area contributed by atoms with Gasteiger partial charge in [-0.05, 0) is 44.7 Å². The molecule has 2 unspecified atom stereocenters. The number of benzene rings is 1. The molecule has 0 saturated heterocycles. The zero-order chi connectivity index (χ0) is 15.2. The maximum absolute atomic E-state index is 5.93. The minimum atomic E-state index is 0.192. The lowest BCUT2D eigenvalue weighted by molar-refractivity contribution is 0.237. The average Bonchev–Trinajstić information content (AvgIpc) is 2.98. The van der Waals surface area contributed by atoms with E-state index in [0.29, 0.717) is 6.04 Å². The van der Waals surface area contributed by atoms with E-state index in [1.165, 1.54) is 10.4 Å². The molecule has 2 aromatic rings. The van der Waals surface area contributed by atoms with Crippen molar-refractivity contribution < 1.29 is 4.74 Å². The van der Waals surface area contributed by atoms with E-state index in [0.717, 1.165) is 12.2 Å². The van der Waals surface area contributed by atoms with E-state index in [4.69, 9.17) is 4.74 Å². The first-order chi connectivity index (χ1) is 10.1. The Kier molecular flexibility index (Phi) is 5.83. The highest BCUT2D eigenvalue weighted by Crippen LogP contribution is 2.30. The van der Waals surface area contributed by atoms with Crippen LogP contribution in [0.1, 0.15) is 56.6 Å². The zero-order valence-electron chi connectivity index (χ0n) is 13.3. The Bertz CT molecular complexity index is 536. The van der Waals surface area contributed by atoms with Gasteiger partial charge in [0.25, 0.3) is 0 Å². The molecule has 0 saturated carbocycles. The van der Waals surface area contributed by atoms with Crippen molar-refractivity contribution in [3.05, 3.63) is 52.2 Å². The number of thiophene rings is 1. The standard InChI is InChI=1S/C18H25NOS/c1-5-16(18-11-8-12-21-18)19-14(4)15-9-6-7-10-17(15)20-13(2)3/h6-14,16,19H,5H2,1-4H3. The largest absolute Gasteiger partial charge is 0.491 e. The third-order valence-corrected chi connectivity index (χ3v) is 4.48. The molecule has 0 bridgehead atoms. The van der Waals surface area contributed by atoms with Crippen molar-refractivity contribution in [2.24, 2.45) is 0 Å². The summed E-state index contributed by atoms with van der Waals surface area (Å²) in [4.78, 5) is 1.40. The summed E-state index contributed by atoms with van der Waals surface area (Å²) < 4.78 is 5.93. The summed E-state index contributed by atoms with van der Waals surface area (Å²) in [6.07, 6.45) is 1.27. The van der Waals surface area contributed by atoms with Crippen molar-refractivity contribution in [1.29, 1.82) is 0 Å². The predicted molar refractivity (Wildman–Crippen MR) is 91.1 cm³/mol. The second kappa shape index (κ2) is 7.62. The topological polar surface area (TPSA) is 21.3 Å². The van der Waals surface area contributed by atoms with Crippen molar-refractivity contribution in [2.45, 2.75) is 52.3 Å². The highest BCUT2D eigenvalue weighted by molar-refractivity contribution is 7.10. The molecule has 2 atom stereocenters. The van der Waals surface area contributed by atoms with Gasteiger partial charge in [0.15, 0.2) is 0 Å². The van der Waals surface area contributed by atoms with E-state index in [1.54, 1.807) is 0 Å². The second-order valence-corrected chi connectivity index (χ2v) is 6.55. The van der Waals surface area contributed by atoms with Gasteiger partial charge in [0.1, 0.15) is 5.75 Å². The molecule has 114 valence electrons. The van der Waals surface area contributed by atoms with E-state index < -0.39 is 0 Å². The van der Waals surface area contributed by atoms with Crippen LogP contribution in [-0.2, 0) is 0 Å². The molecule has 0 aliphatic carbocycles. The van der Waals surface area contributed by atoms with Crippen LogP contribution in [0, 0.1) is 0 Å². The van der Waals surface area contributed by atoms with Crippen LogP contribution in [0.25, 0.3) is 0 Å². The first-order valence-corrected chi connectivity index (χ1v) is 8.54. The predicted octanol–water partition coefficient (Wildman–Crippen LogP) is 5.34. The lowest BCUT2D eigenvalue weighted by Gasteiger charge is -2.24. The summed E-state index contributed by atoms with van der Waals surface area (Å²) in [5, 5.41) is 5.87. The first kappa shape index (κ1) is 16.1. The smallest absolute Gasteiger partial charge is 0.124 e. The molecule has 2 rings (SSSR count). The van der Waals surface area contributed by atoms with Gasteiger partial charge in [0.2, 0.25) is 0 Å². The molecule has 0 fully saturated rings. The molecule has 0 spiro atoms. The van der Waals surface area contributed by atoms with Crippen molar-refractivity contribution in [3.63, 3.8) is 0 Å². The van der Waals surface area contributed by atoms with Crippen LogP contribution in [0.15, 0.2) is 41.8 Å². The fourth-order valence-corrected chi connectivity index (χ4v) is 3.35. The number of nitrogens with one attached hydrogen (secondary N) is 1. The molecule has 0 aliphatic rings. The lowest BCUT2D eigenvalue weighted by Crippen LogP contribution is -2.24. The molecule has 1 N–H and O–H groups in total. The van der Waals surface area contributed by atoms with Crippen LogP contribution in [0.2, 0.25) is 0 Å².